The molecule has 0 amide bonds. The molecule has 1 aromatic heterocycles. The van der Waals surface area contributed by atoms with E-state index in [0.717, 1.165) is 16.7 Å². The molecule has 232 valence electrons. The molecule has 0 aliphatic carbocycles. The van der Waals surface area contributed by atoms with Gasteiger partial charge in [0.2, 0.25) is 0 Å². The smallest absolute Gasteiger partial charge is 0.344 e. The number of ether oxygens (including phenoxy) is 3. The Hall–Kier alpha value is -4.47. The van der Waals surface area contributed by atoms with E-state index in [4.69, 9.17) is 30.8 Å². The van der Waals surface area contributed by atoms with Gasteiger partial charge in [-0.05, 0) is 55.2 Å². The largest absolute Gasteiger partial charge is 0.481 e. The molecule has 1 aliphatic rings. The fraction of sp³-hybridized carbons (Fsp3) is 0.257. The molecule has 0 fully saturated rings. The minimum atomic E-state index is -0.794. The van der Waals surface area contributed by atoms with Crippen molar-refractivity contribution in [1.29, 1.82) is 0 Å². The average Bonchev–Trinajstić information content (AvgIpc) is 3.34. The van der Waals surface area contributed by atoms with Gasteiger partial charge < -0.3 is 14.2 Å². The van der Waals surface area contributed by atoms with E-state index >= 15 is 0 Å². The number of rotatable bonds is 10. The van der Waals surface area contributed by atoms with Crippen molar-refractivity contribution in [3.63, 3.8) is 0 Å². The zero-order chi connectivity index (χ0) is 32.1. The van der Waals surface area contributed by atoms with Crippen LogP contribution >= 0.6 is 22.9 Å². The molecule has 5 rings (SSSR count). The highest BCUT2D eigenvalue weighted by atomic mass is 35.5. The predicted molar refractivity (Wildman–Crippen MR) is 175 cm³/mol. The summed E-state index contributed by atoms with van der Waals surface area (Å²) in [6, 6.07) is 21.5. The third kappa shape index (κ3) is 6.95. The van der Waals surface area contributed by atoms with Crippen LogP contribution in [0.5, 0.6) is 5.75 Å². The van der Waals surface area contributed by atoms with Gasteiger partial charge >= 0.3 is 11.9 Å². The monoisotopic (exact) mass is 644 g/mol. The number of nitrogens with zero attached hydrogens (tertiary/aromatic N) is 2. The zero-order valence-electron chi connectivity index (χ0n) is 25.4. The van der Waals surface area contributed by atoms with Crippen molar-refractivity contribution in [3.8, 4) is 5.75 Å². The van der Waals surface area contributed by atoms with Crippen LogP contribution < -0.4 is 19.6 Å². The average molecular weight is 645 g/mol. The minimum Gasteiger partial charge on any atom is -0.481 e. The third-order valence-electron chi connectivity index (χ3n) is 7.20. The molecule has 0 unspecified atom stereocenters. The second-order valence-electron chi connectivity index (χ2n) is 10.5. The molecule has 0 spiro atoms. The zero-order valence-corrected chi connectivity index (χ0v) is 27.0. The summed E-state index contributed by atoms with van der Waals surface area (Å²) in [5, 5.41) is 0.427. The van der Waals surface area contributed by atoms with E-state index in [-0.39, 0.29) is 31.0 Å². The van der Waals surface area contributed by atoms with Gasteiger partial charge in [0, 0.05) is 16.1 Å². The van der Waals surface area contributed by atoms with Crippen LogP contribution in [0.2, 0.25) is 5.02 Å². The Kier molecular flexibility index (Phi) is 10.0. The lowest BCUT2D eigenvalue weighted by molar-refractivity contribution is -0.145. The number of aromatic nitrogens is 1. The van der Waals surface area contributed by atoms with E-state index in [1.54, 1.807) is 42.7 Å². The maximum atomic E-state index is 14.3. The normalized spacial score (nSPS) is 14.6. The van der Waals surface area contributed by atoms with Gasteiger partial charge in [-0.25, -0.2) is 14.6 Å². The Morgan fingerprint density at radius 2 is 1.71 bits per heavy atom. The van der Waals surface area contributed by atoms with Gasteiger partial charge in [0.15, 0.2) is 11.4 Å². The van der Waals surface area contributed by atoms with Gasteiger partial charge in [0.1, 0.15) is 5.75 Å². The van der Waals surface area contributed by atoms with Gasteiger partial charge in [-0.15, -0.1) is 0 Å². The lowest BCUT2D eigenvalue weighted by atomic mass is 9.91. The van der Waals surface area contributed by atoms with Crippen molar-refractivity contribution in [2.75, 3.05) is 19.8 Å². The Labute approximate surface area is 269 Å². The number of thiazole rings is 1. The van der Waals surface area contributed by atoms with Crippen LogP contribution in [-0.4, -0.2) is 36.3 Å². The first kappa shape index (κ1) is 31.9. The number of fused-ring (bicyclic) bond motifs is 1. The van der Waals surface area contributed by atoms with Gasteiger partial charge in [-0.3, -0.25) is 9.36 Å². The van der Waals surface area contributed by atoms with E-state index in [2.05, 4.69) is 13.8 Å². The summed E-state index contributed by atoms with van der Waals surface area (Å²) in [6.45, 7) is 7.77. The molecule has 0 saturated carbocycles. The topological polar surface area (TPSA) is 96.2 Å². The number of halogens is 1. The summed E-state index contributed by atoms with van der Waals surface area (Å²) in [5.74, 6) is -0.395. The second kappa shape index (κ2) is 14.1. The molecule has 45 heavy (non-hydrogen) atoms. The molecule has 0 radical (unpaired) electrons. The van der Waals surface area contributed by atoms with Gasteiger partial charge in [-0.1, -0.05) is 91.4 Å². The molecule has 10 heteroatoms. The molecular weight excluding hydrogens is 612 g/mol. The lowest BCUT2D eigenvalue weighted by Gasteiger charge is -2.26. The van der Waals surface area contributed by atoms with Crippen molar-refractivity contribution in [2.24, 2.45) is 4.99 Å². The van der Waals surface area contributed by atoms with Crippen molar-refractivity contribution < 1.29 is 23.8 Å². The van der Waals surface area contributed by atoms with E-state index in [1.165, 1.54) is 11.3 Å². The fourth-order valence-electron chi connectivity index (χ4n) is 5.06. The van der Waals surface area contributed by atoms with E-state index < -0.39 is 18.0 Å². The Morgan fingerprint density at radius 3 is 2.38 bits per heavy atom. The maximum Gasteiger partial charge on any atom is 0.344 e. The van der Waals surface area contributed by atoms with Gasteiger partial charge in [-0.2, -0.15) is 0 Å². The first-order valence-electron chi connectivity index (χ1n) is 14.7. The highest BCUT2D eigenvalue weighted by molar-refractivity contribution is 7.07. The van der Waals surface area contributed by atoms with Gasteiger partial charge in [0.25, 0.3) is 5.56 Å². The quantitative estimate of drug-likeness (QED) is 0.207. The van der Waals surface area contributed by atoms with Crippen molar-refractivity contribution in [1.82, 2.24) is 4.57 Å². The standard InChI is InChI=1S/C35H33ClN2O6S/c1-5-42-29(39)20-44-27-17-16-26(36)18-25(27)19-28-33(40)38-32(24-14-12-22(13-15-24)21(3)4)30(34(41)43-6-2)31(37-35(38)45-28)23-10-8-7-9-11-23/h7-19,21,32H,5-6,20H2,1-4H3/b28-19-/t32-/m0/s1. The molecule has 1 atom stereocenters. The molecule has 8 nitrogen and oxygen atoms in total. The van der Waals surface area contributed by atoms with E-state index in [9.17, 15) is 14.4 Å². The van der Waals surface area contributed by atoms with Crippen LogP contribution in [0.1, 0.15) is 61.9 Å². The Bertz CT molecular complexity index is 1930. The second-order valence-corrected chi connectivity index (χ2v) is 12.0. The number of carbonyl (C=O) groups is 2. The highest BCUT2D eigenvalue weighted by Crippen LogP contribution is 2.35. The summed E-state index contributed by atoms with van der Waals surface area (Å²) in [4.78, 5) is 45.2. The predicted octanol–water partition coefficient (Wildman–Crippen LogP) is 5.65. The molecule has 4 aromatic rings. The lowest BCUT2D eigenvalue weighted by Crippen LogP contribution is -2.40. The number of hydrogen-bond acceptors (Lipinski definition) is 8. The molecule has 3 aromatic carbocycles. The van der Waals surface area contributed by atoms with Crippen LogP contribution in [0, 0.1) is 0 Å². The summed E-state index contributed by atoms with van der Waals surface area (Å²) in [6.07, 6.45) is 1.66. The fourth-order valence-corrected chi connectivity index (χ4v) is 6.24. The van der Waals surface area contributed by atoms with Crippen molar-refractivity contribution in [2.45, 2.75) is 39.7 Å². The first-order valence-corrected chi connectivity index (χ1v) is 15.9. The minimum absolute atomic E-state index is 0.164. The highest BCUT2D eigenvalue weighted by Gasteiger charge is 2.35. The molecule has 0 bridgehead atoms. The van der Waals surface area contributed by atoms with Crippen LogP contribution in [-0.2, 0) is 19.1 Å². The van der Waals surface area contributed by atoms with Crippen molar-refractivity contribution in [3.05, 3.63) is 125 Å². The third-order valence-corrected chi connectivity index (χ3v) is 8.42. The number of benzene rings is 3. The number of hydrogen-bond donors (Lipinski definition) is 0. The van der Waals surface area contributed by atoms with E-state index in [1.807, 2.05) is 54.6 Å². The summed E-state index contributed by atoms with van der Waals surface area (Å²) < 4.78 is 18.2. The van der Waals surface area contributed by atoms with Gasteiger partial charge in [0.05, 0.1) is 35.1 Å². The molecule has 0 N–H and O–H groups in total. The summed E-state index contributed by atoms with van der Waals surface area (Å²) in [5.41, 5.74) is 3.49. The SMILES string of the molecule is CCOC(=O)COc1ccc(Cl)cc1/C=c1\sc2n(c1=O)[C@@H](c1ccc(C(C)C)cc1)C(C(=O)OCC)=C(c1ccccc1)N=2. The first-order chi connectivity index (χ1) is 21.7. The summed E-state index contributed by atoms with van der Waals surface area (Å²) in [7, 11) is 0. The molecule has 1 aliphatic heterocycles. The van der Waals surface area contributed by atoms with Crippen molar-refractivity contribution >= 4 is 46.6 Å². The van der Waals surface area contributed by atoms with Crippen LogP contribution in [0.15, 0.2) is 88.2 Å². The van der Waals surface area contributed by atoms with Crippen LogP contribution in [0.4, 0.5) is 0 Å². The number of esters is 2. The van der Waals surface area contributed by atoms with Crippen LogP contribution in [0.3, 0.4) is 0 Å². The summed E-state index contributed by atoms with van der Waals surface area (Å²) >= 11 is 7.51. The molecule has 2 heterocycles. The Balaban J connectivity index is 1.74. The molecule has 0 saturated heterocycles. The Morgan fingerprint density at radius 1 is 1.00 bits per heavy atom. The maximum absolute atomic E-state index is 14.3. The number of carbonyl (C=O) groups excluding carboxylic acids is 2. The van der Waals surface area contributed by atoms with E-state index in [0.29, 0.717) is 37.3 Å². The van der Waals surface area contributed by atoms with Crippen LogP contribution in [0.25, 0.3) is 11.8 Å². The molecular formula is C35H33ClN2O6S.